The van der Waals surface area contributed by atoms with Crippen LogP contribution >= 0.6 is 11.8 Å². The van der Waals surface area contributed by atoms with E-state index in [1.54, 1.807) is 26.4 Å². The summed E-state index contributed by atoms with van der Waals surface area (Å²) in [5, 5.41) is 13.5. The number of carbonyl (C=O) groups excluding carboxylic acids is 1. The van der Waals surface area contributed by atoms with Crippen LogP contribution in [-0.4, -0.2) is 61.3 Å². The van der Waals surface area contributed by atoms with Gasteiger partial charge in [0.2, 0.25) is 5.91 Å². The predicted molar refractivity (Wildman–Crippen MR) is 127 cm³/mol. The van der Waals surface area contributed by atoms with E-state index in [1.807, 2.05) is 18.4 Å². The Kier molecular flexibility index (Phi) is 6.98. The minimum absolute atomic E-state index is 0.0438. The number of benzene rings is 2. The second-order valence-electron chi connectivity index (χ2n) is 8.65. The fourth-order valence-corrected chi connectivity index (χ4v) is 5.78. The van der Waals surface area contributed by atoms with Crippen LogP contribution in [0.15, 0.2) is 42.5 Å². The number of methoxy groups -OCH3 is 2. The molecule has 1 saturated heterocycles. The molecule has 32 heavy (non-hydrogen) atoms. The molecule has 0 saturated carbocycles. The number of amides is 1. The smallest absolute Gasteiger partial charge is 0.230 e. The van der Waals surface area contributed by atoms with E-state index in [0.29, 0.717) is 18.0 Å². The van der Waals surface area contributed by atoms with Gasteiger partial charge in [0.05, 0.1) is 25.0 Å². The minimum Gasteiger partial charge on any atom is -0.508 e. The molecule has 1 aliphatic carbocycles. The number of nitrogens with zero attached hydrogens (tertiary/aromatic N) is 1. The van der Waals surface area contributed by atoms with E-state index >= 15 is 0 Å². The first-order valence-corrected chi connectivity index (χ1v) is 12.4. The average Bonchev–Trinajstić information content (AvgIpc) is 3.05. The summed E-state index contributed by atoms with van der Waals surface area (Å²) in [5.41, 5.74) is 3.21. The van der Waals surface area contributed by atoms with Gasteiger partial charge in [-0.15, -0.1) is 0 Å². The standard InChI is InChI=1S/C25H32N2O4S/c1-30-18-8-9-21(28)17(14-18)15-27-12-10-25(11-13-27)20-7-5-4-6-19(20)23(24(25)31-2)26-22(29)16-32-3/h4-9,14,23-24,28H,10-13,15-16H2,1-3H3,(H,26,29)/t23-,24+/m1/s1. The average molecular weight is 457 g/mol. The largest absolute Gasteiger partial charge is 0.508 e. The zero-order valence-electron chi connectivity index (χ0n) is 19.0. The van der Waals surface area contributed by atoms with E-state index in [-0.39, 0.29) is 23.5 Å². The Morgan fingerprint density at radius 2 is 1.97 bits per heavy atom. The third-order valence-corrected chi connectivity index (χ3v) is 7.51. The van der Waals surface area contributed by atoms with E-state index in [1.165, 1.54) is 22.9 Å². The number of piperidine rings is 1. The molecule has 2 aromatic rings. The van der Waals surface area contributed by atoms with Gasteiger partial charge in [0, 0.05) is 24.6 Å². The summed E-state index contributed by atoms with van der Waals surface area (Å²) in [6, 6.07) is 13.7. The summed E-state index contributed by atoms with van der Waals surface area (Å²) < 4.78 is 11.4. The summed E-state index contributed by atoms with van der Waals surface area (Å²) in [6.45, 7) is 2.44. The Labute approximate surface area is 194 Å². The van der Waals surface area contributed by atoms with Gasteiger partial charge in [-0.05, 0) is 61.5 Å². The second kappa shape index (κ2) is 9.73. The topological polar surface area (TPSA) is 71.0 Å². The number of likely N-dealkylation sites (tertiary alicyclic amines) is 1. The lowest BCUT2D eigenvalue weighted by molar-refractivity contribution is -0.121. The van der Waals surface area contributed by atoms with Gasteiger partial charge in [0.25, 0.3) is 0 Å². The van der Waals surface area contributed by atoms with Gasteiger partial charge in [-0.25, -0.2) is 0 Å². The summed E-state index contributed by atoms with van der Waals surface area (Å²) in [4.78, 5) is 14.8. The van der Waals surface area contributed by atoms with Crippen LogP contribution in [0.2, 0.25) is 0 Å². The van der Waals surface area contributed by atoms with Gasteiger partial charge in [0.1, 0.15) is 11.5 Å². The molecular formula is C25H32N2O4S. The first-order chi connectivity index (χ1) is 15.5. The number of thioether (sulfide) groups is 1. The lowest BCUT2D eigenvalue weighted by Crippen LogP contribution is -2.50. The lowest BCUT2D eigenvalue weighted by Gasteiger charge is -2.44. The number of phenolic OH excluding ortho intramolecular Hbond substituents is 1. The Hall–Kier alpha value is -2.22. The first-order valence-electron chi connectivity index (χ1n) is 11.0. The van der Waals surface area contributed by atoms with Crippen LogP contribution in [0.1, 0.15) is 35.6 Å². The van der Waals surface area contributed by atoms with Crippen molar-refractivity contribution in [3.05, 3.63) is 59.2 Å². The number of ether oxygens (including phenoxy) is 2. The molecule has 1 fully saturated rings. The quantitative estimate of drug-likeness (QED) is 0.665. The molecule has 1 heterocycles. The highest BCUT2D eigenvalue weighted by molar-refractivity contribution is 7.99. The Morgan fingerprint density at radius 3 is 2.66 bits per heavy atom. The number of nitrogens with one attached hydrogen (secondary N) is 1. The van der Waals surface area contributed by atoms with Crippen molar-refractivity contribution in [3.63, 3.8) is 0 Å². The number of phenols is 1. The Morgan fingerprint density at radius 1 is 1.22 bits per heavy atom. The zero-order valence-corrected chi connectivity index (χ0v) is 19.8. The van der Waals surface area contributed by atoms with Crippen LogP contribution in [0.3, 0.4) is 0 Å². The molecule has 2 aliphatic rings. The third kappa shape index (κ3) is 4.21. The van der Waals surface area contributed by atoms with Crippen molar-refractivity contribution in [3.8, 4) is 11.5 Å². The minimum atomic E-state index is -0.134. The monoisotopic (exact) mass is 456 g/mol. The van der Waals surface area contributed by atoms with Crippen LogP contribution in [0.4, 0.5) is 0 Å². The van der Waals surface area contributed by atoms with E-state index in [0.717, 1.165) is 37.2 Å². The van der Waals surface area contributed by atoms with Crippen molar-refractivity contribution < 1.29 is 19.4 Å². The molecule has 1 aliphatic heterocycles. The molecule has 0 bridgehead atoms. The van der Waals surface area contributed by atoms with Crippen molar-refractivity contribution in [2.24, 2.45) is 0 Å². The number of aromatic hydroxyl groups is 1. The number of hydrogen-bond donors (Lipinski definition) is 2. The van der Waals surface area contributed by atoms with Gasteiger partial charge in [-0.2, -0.15) is 11.8 Å². The van der Waals surface area contributed by atoms with Crippen molar-refractivity contribution in [2.75, 3.05) is 39.3 Å². The van der Waals surface area contributed by atoms with Crippen LogP contribution in [-0.2, 0) is 21.5 Å². The highest BCUT2D eigenvalue weighted by Crippen LogP contribution is 2.52. The molecule has 0 radical (unpaired) electrons. The molecule has 0 aromatic heterocycles. The summed E-state index contributed by atoms with van der Waals surface area (Å²) in [5.74, 6) is 1.53. The Bertz CT molecular complexity index is 959. The molecule has 0 unspecified atom stereocenters. The SMILES string of the molecule is COc1ccc(O)c(CN2CCC3(CC2)c2ccccc2[C@@H](NC(=O)CSC)[C@@H]3OC)c1. The zero-order chi connectivity index (χ0) is 22.7. The maximum absolute atomic E-state index is 12.5. The molecule has 6 nitrogen and oxygen atoms in total. The van der Waals surface area contributed by atoms with E-state index in [4.69, 9.17) is 9.47 Å². The molecule has 172 valence electrons. The fourth-order valence-electron chi connectivity index (χ4n) is 5.44. The van der Waals surface area contributed by atoms with Gasteiger partial charge in [0.15, 0.2) is 0 Å². The van der Waals surface area contributed by atoms with Crippen molar-refractivity contribution in [1.82, 2.24) is 10.2 Å². The first kappa shape index (κ1) is 23.0. The molecule has 2 atom stereocenters. The second-order valence-corrected chi connectivity index (χ2v) is 9.51. The van der Waals surface area contributed by atoms with Crippen LogP contribution < -0.4 is 10.1 Å². The predicted octanol–water partition coefficient (Wildman–Crippen LogP) is 3.48. The van der Waals surface area contributed by atoms with Gasteiger partial charge < -0.3 is 19.9 Å². The van der Waals surface area contributed by atoms with Gasteiger partial charge in [-0.1, -0.05) is 24.3 Å². The molecule has 1 amide bonds. The van der Waals surface area contributed by atoms with Gasteiger partial charge in [-0.3, -0.25) is 9.69 Å². The number of hydrogen-bond acceptors (Lipinski definition) is 6. The van der Waals surface area contributed by atoms with E-state index in [9.17, 15) is 9.90 Å². The summed E-state index contributed by atoms with van der Waals surface area (Å²) in [7, 11) is 3.39. The third-order valence-electron chi connectivity index (χ3n) is 6.95. The van der Waals surface area contributed by atoms with Crippen molar-refractivity contribution in [1.29, 1.82) is 0 Å². The number of carbonyl (C=O) groups is 1. The highest BCUT2D eigenvalue weighted by Gasteiger charge is 2.53. The van der Waals surface area contributed by atoms with E-state index in [2.05, 4.69) is 28.4 Å². The maximum atomic E-state index is 12.5. The van der Waals surface area contributed by atoms with Crippen LogP contribution in [0.25, 0.3) is 0 Å². The van der Waals surface area contributed by atoms with Crippen molar-refractivity contribution in [2.45, 2.75) is 36.9 Å². The van der Waals surface area contributed by atoms with Crippen molar-refractivity contribution >= 4 is 17.7 Å². The summed E-state index contributed by atoms with van der Waals surface area (Å²) in [6.07, 6.45) is 3.70. The van der Waals surface area contributed by atoms with E-state index < -0.39 is 0 Å². The highest BCUT2D eigenvalue weighted by atomic mass is 32.2. The van der Waals surface area contributed by atoms with Gasteiger partial charge >= 0.3 is 0 Å². The molecule has 7 heteroatoms. The molecular weight excluding hydrogens is 424 g/mol. The number of fused-ring (bicyclic) bond motifs is 2. The Balaban J connectivity index is 1.54. The normalized spacial score (nSPS) is 22.0. The lowest BCUT2D eigenvalue weighted by atomic mass is 9.72. The summed E-state index contributed by atoms with van der Waals surface area (Å²) >= 11 is 1.53. The molecule has 1 spiro atoms. The van der Waals surface area contributed by atoms with Crippen LogP contribution in [0, 0.1) is 0 Å². The molecule has 2 N–H and O–H groups in total. The molecule has 4 rings (SSSR count). The van der Waals surface area contributed by atoms with Crippen LogP contribution in [0.5, 0.6) is 11.5 Å². The molecule has 2 aromatic carbocycles. The fraction of sp³-hybridized carbons (Fsp3) is 0.480. The number of rotatable bonds is 7. The maximum Gasteiger partial charge on any atom is 0.230 e.